The van der Waals surface area contributed by atoms with Gasteiger partial charge in [-0.05, 0) is 56.4 Å². The summed E-state index contributed by atoms with van der Waals surface area (Å²) in [4.78, 5) is 2.78. The van der Waals surface area contributed by atoms with Gasteiger partial charge in [-0.25, -0.2) is 0 Å². The number of nitrogens with one attached hydrogen (secondary N) is 1. The zero-order chi connectivity index (χ0) is 11.8. The van der Waals surface area contributed by atoms with Crippen molar-refractivity contribution in [1.29, 1.82) is 0 Å². The fraction of sp³-hybridized carbons (Fsp3) is 1.00. The van der Waals surface area contributed by atoms with Gasteiger partial charge in [0.05, 0.1) is 0 Å². The number of hydrogen-bond donors (Lipinski definition) is 1. The van der Waals surface area contributed by atoms with Gasteiger partial charge in [-0.2, -0.15) is 0 Å². The second-order valence-electron chi connectivity index (χ2n) is 6.97. The molecule has 1 heterocycles. The molecule has 2 unspecified atom stereocenters. The van der Waals surface area contributed by atoms with Crippen LogP contribution in [0.1, 0.15) is 46.0 Å². The molecule has 2 nitrogen and oxygen atoms in total. The van der Waals surface area contributed by atoms with Crippen molar-refractivity contribution < 1.29 is 0 Å². The predicted molar refractivity (Wildman–Crippen MR) is 72.1 cm³/mol. The molecule has 98 valence electrons. The molecule has 0 spiro atoms. The van der Waals surface area contributed by atoms with Crippen LogP contribution in [0, 0.1) is 17.8 Å². The first kappa shape index (κ1) is 12.0. The highest BCUT2D eigenvalue weighted by atomic mass is 15.2. The summed E-state index contributed by atoms with van der Waals surface area (Å²) < 4.78 is 0. The largest absolute Gasteiger partial charge is 0.312 e. The van der Waals surface area contributed by atoms with Gasteiger partial charge in [0.2, 0.25) is 0 Å². The van der Waals surface area contributed by atoms with E-state index in [9.17, 15) is 0 Å². The van der Waals surface area contributed by atoms with Crippen LogP contribution in [-0.4, -0.2) is 36.6 Å². The molecule has 2 saturated carbocycles. The first-order chi connectivity index (χ1) is 8.22. The molecular weight excluding hydrogens is 208 g/mol. The highest BCUT2D eigenvalue weighted by molar-refractivity contribution is 4.93. The summed E-state index contributed by atoms with van der Waals surface area (Å²) in [6, 6.07) is 1.72. The predicted octanol–water partition coefficient (Wildman–Crippen LogP) is 2.49. The summed E-state index contributed by atoms with van der Waals surface area (Å²) >= 11 is 0. The summed E-state index contributed by atoms with van der Waals surface area (Å²) in [6.07, 6.45) is 7.27. The molecule has 0 aromatic rings. The van der Waals surface area contributed by atoms with Crippen LogP contribution in [0.15, 0.2) is 0 Å². The van der Waals surface area contributed by atoms with E-state index in [1.807, 2.05) is 0 Å². The molecule has 3 fully saturated rings. The van der Waals surface area contributed by atoms with Crippen LogP contribution in [0.4, 0.5) is 0 Å². The Balaban J connectivity index is 1.53. The number of piperidine rings is 1. The van der Waals surface area contributed by atoms with Crippen molar-refractivity contribution >= 4 is 0 Å². The Hall–Kier alpha value is -0.0800. The van der Waals surface area contributed by atoms with Gasteiger partial charge in [-0.3, -0.25) is 4.90 Å². The van der Waals surface area contributed by atoms with E-state index in [1.54, 1.807) is 0 Å². The lowest BCUT2D eigenvalue weighted by Gasteiger charge is -2.40. The summed E-state index contributed by atoms with van der Waals surface area (Å²) in [5, 5.41) is 3.84. The second-order valence-corrected chi connectivity index (χ2v) is 6.97. The monoisotopic (exact) mass is 236 g/mol. The van der Waals surface area contributed by atoms with Crippen LogP contribution in [0.25, 0.3) is 0 Å². The molecule has 17 heavy (non-hydrogen) atoms. The Kier molecular flexibility index (Phi) is 3.45. The maximum atomic E-state index is 3.84. The van der Waals surface area contributed by atoms with Crippen molar-refractivity contribution in [1.82, 2.24) is 10.2 Å². The molecule has 1 N–H and O–H groups in total. The average Bonchev–Trinajstić information content (AvgIpc) is 3.17. The Morgan fingerprint density at radius 2 is 1.88 bits per heavy atom. The number of hydrogen-bond acceptors (Lipinski definition) is 2. The van der Waals surface area contributed by atoms with Gasteiger partial charge in [0, 0.05) is 25.2 Å². The molecule has 2 aliphatic carbocycles. The first-order valence-electron chi connectivity index (χ1n) is 7.70. The molecule has 0 bridgehead atoms. The van der Waals surface area contributed by atoms with Gasteiger partial charge < -0.3 is 5.32 Å². The highest BCUT2D eigenvalue weighted by Gasteiger charge is 2.37. The van der Waals surface area contributed by atoms with Crippen LogP contribution in [0.5, 0.6) is 0 Å². The minimum atomic E-state index is 0.775. The molecule has 0 radical (unpaired) electrons. The Labute approximate surface area is 106 Å². The maximum Gasteiger partial charge on any atom is 0.0198 e. The quantitative estimate of drug-likeness (QED) is 0.789. The second kappa shape index (κ2) is 4.89. The maximum absolute atomic E-state index is 3.84. The molecular formula is C15H28N2. The molecule has 0 amide bonds. The van der Waals surface area contributed by atoms with Crippen molar-refractivity contribution in [2.24, 2.45) is 17.8 Å². The van der Waals surface area contributed by atoms with Crippen molar-refractivity contribution in [3.05, 3.63) is 0 Å². The summed E-state index contributed by atoms with van der Waals surface area (Å²) in [5.74, 6) is 2.78. The van der Waals surface area contributed by atoms with Crippen molar-refractivity contribution in [2.45, 2.75) is 58.0 Å². The van der Waals surface area contributed by atoms with Gasteiger partial charge in [-0.15, -0.1) is 0 Å². The zero-order valence-electron chi connectivity index (χ0n) is 11.5. The summed E-state index contributed by atoms with van der Waals surface area (Å²) in [6.45, 7) is 8.77. The normalized spacial score (nSPS) is 35.5. The van der Waals surface area contributed by atoms with Gasteiger partial charge in [-0.1, -0.05) is 13.8 Å². The number of likely N-dealkylation sites (tertiary alicyclic amines) is 1. The van der Waals surface area contributed by atoms with Crippen LogP contribution in [0.2, 0.25) is 0 Å². The molecule has 3 aliphatic rings. The lowest BCUT2D eigenvalue weighted by Crippen LogP contribution is -2.51. The summed E-state index contributed by atoms with van der Waals surface area (Å²) in [5.41, 5.74) is 0. The Bertz CT molecular complexity index is 246. The minimum absolute atomic E-state index is 0.775. The topological polar surface area (TPSA) is 15.3 Å². The molecule has 0 aromatic carbocycles. The van der Waals surface area contributed by atoms with Gasteiger partial charge in [0.15, 0.2) is 0 Å². The molecule has 1 saturated heterocycles. The van der Waals surface area contributed by atoms with E-state index in [0.717, 1.165) is 29.8 Å². The van der Waals surface area contributed by atoms with Crippen LogP contribution in [-0.2, 0) is 0 Å². The summed E-state index contributed by atoms with van der Waals surface area (Å²) in [7, 11) is 0. The SMILES string of the molecule is CC(C)C1CC(NCC2CC2)CN(C2CC2)C1. The first-order valence-corrected chi connectivity index (χ1v) is 7.70. The third kappa shape index (κ3) is 3.23. The van der Waals surface area contributed by atoms with Gasteiger partial charge in [0.1, 0.15) is 0 Å². The standard InChI is InChI=1S/C15H28N2/c1-11(2)13-7-14(16-8-12-3-4-12)10-17(9-13)15-5-6-15/h11-16H,3-10H2,1-2H3. The smallest absolute Gasteiger partial charge is 0.0198 e. The molecule has 2 atom stereocenters. The Morgan fingerprint density at radius 3 is 2.47 bits per heavy atom. The lowest BCUT2D eigenvalue weighted by atomic mass is 9.85. The molecule has 1 aliphatic heterocycles. The zero-order valence-corrected chi connectivity index (χ0v) is 11.5. The lowest BCUT2D eigenvalue weighted by molar-refractivity contribution is 0.109. The van der Waals surface area contributed by atoms with E-state index >= 15 is 0 Å². The molecule has 0 aromatic heterocycles. The van der Waals surface area contributed by atoms with Crippen molar-refractivity contribution in [3.63, 3.8) is 0 Å². The Morgan fingerprint density at radius 1 is 1.12 bits per heavy atom. The fourth-order valence-electron chi connectivity index (χ4n) is 3.20. The average molecular weight is 236 g/mol. The van der Waals surface area contributed by atoms with E-state index in [-0.39, 0.29) is 0 Å². The van der Waals surface area contributed by atoms with E-state index in [4.69, 9.17) is 0 Å². The fourth-order valence-corrected chi connectivity index (χ4v) is 3.20. The highest BCUT2D eigenvalue weighted by Crippen LogP contribution is 2.34. The van der Waals surface area contributed by atoms with E-state index in [2.05, 4.69) is 24.1 Å². The van der Waals surface area contributed by atoms with Gasteiger partial charge >= 0.3 is 0 Å². The third-order valence-electron chi connectivity index (χ3n) is 4.91. The van der Waals surface area contributed by atoms with E-state index in [1.165, 1.54) is 51.7 Å². The molecule has 3 rings (SSSR count). The van der Waals surface area contributed by atoms with Crippen LogP contribution >= 0.6 is 0 Å². The molecule has 2 heteroatoms. The van der Waals surface area contributed by atoms with Crippen molar-refractivity contribution in [3.8, 4) is 0 Å². The number of nitrogens with zero attached hydrogens (tertiary/aromatic N) is 1. The van der Waals surface area contributed by atoms with E-state index in [0.29, 0.717) is 0 Å². The minimum Gasteiger partial charge on any atom is -0.312 e. The van der Waals surface area contributed by atoms with E-state index < -0.39 is 0 Å². The number of rotatable bonds is 5. The van der Waals surface area contributed by atoms with Gasteiger partial charge in [0.25, 0.3) is 0 Å². The van der Waals surface area contributed by atoms with Crippen LogP contribution in [0.3, 0.4) is 0 Å². The van der Waals surface area contributed by atoms with Crippen molar-refractivity contribution in [2.75, 3.05) is 19.6 Å². The van der Waals surface area contributed by atoms with Crippen LogP contribution < -0.4 is 5.32 Å². The third-order valence-corrected chi connectivity index (χ3v) is 4.91.